The summed E-state index contributed by atoms with van der Waals surface area (Å²) in [5.41, 5.74) is 1.39. The molecule has 0 spiro atoms. The molecule has 0 unspecified atom stereocenters. The van der Waals surface area contributed by atoms with Crippen LogP contribution >= 0.6 is 0 Å². The van der Waals surface area contributed by atoms with Gasteiger partial charge in [0.1, 0.15) is 6.04 Å². The van der Waals surface area contributed by atoms with Crippen molar-refractivity contribution < 1.29 is 14.1 Å². The molecule has 0 bridgehead atoms. The molecule has 0 fully saturated rings. The van der Waals surface area contributed by atoms with Crippen molar-refractivity contribution in [1.82, 2.24) is 15.5 Å². The number of nitrogens with zero attached hydrogens (tertiary/aromatic N) is 3. The standard InChI is InChI=1S/C21H22N4O3/c1-12(2)10-17-23-18(28-24-17)11-22-20(26)13(3)25-16-9-5-7-14-6-4-8-15(19(14)16)21(25)27/h4-9,12-13H,10-11H2,1-3H3,(H,22,26)/t13-/m1/s1. The van der Waals surface area contributed by atoms with E-state index < -0.39 is 6.04 Å². The number of hydrogen-bond acceptors (Lipinski definition) is 5. The predicted octanol–water partition coefficient (Wildman–Crippen LogP) is 3.09. The van der Waals surface area contributed by atoms with Crippen LogP contribution in [0.4, 0.5) is 5.69 Å². The van der Waals surface area contributed by atoms with Crippen LogP contribution in [-0.4, -0.2) is 28.0 Å². The van der Waals surface area contributed by atoms with Crippen LogP contribution in [0.25, 0.3) is 10.8 Å². The Balaban J connectivity index is 1.48. The van der Waals surface area contributed by atoms with Crippen molar-refractivity contribution in [2.45, 2.75) is 39.8 Å². The van der Waals surface area contributed by atoms with E-state index in [0.717, 1.165) is 22.9 Å². The Hall–Kier alpha value is -3.22. The summed E-state index contributed by atoms with van der Waals surface area (Å²) in [7, 11) is 0. The average molecular weight is 378 g/mol. The van der Waals surface area contributed by atoms with Gasteiger partial charge in [-0.3, -0.25) is 14.5 Å². The number of carbonyl (C=O) groups is 2. The second kappa shape index (κ2) is 7.07. The molecule has 1 atom stereocenters. The van der Waals surface area contributed by atoms with E-state index in [1.54, 1.807) is 17.9 Å². The fourth-order valence-electron chi connectivity index (χ4n) is 3.56. The molecule has 4 rings (SSSR count). The zero-order valence-corrected chi connectivity index (χ0v) is 16.1. The number of aromatic nitrogens is 2. The van der Waals surface area contributed by atoms with Gasteiger partial charge in [0.25, 0.3) is 5.91 Å². The molecule has 1 N–H and O–H groups in total. The molecule has 7 heteroatoms. The van der Waals surface area contributed by atoms with Gasteiger partial charge in [-0.25, -0.2) is 0 Å². The second-order valence-electron chi connectivity index (χ2n) is 7.45. The van der Waals surface area contributed by atoms with E-state index in [9.17, 15) is 9.59 Å². The third-order valence-corrected chi connectivity index (χ3v) is 4.87. The van der Waals surface area contributed by atoms with Crippen LogP contribution in [0.15, 0.2) is 40.9 Å². The minimum atomic E-state index is -0.663. The molecule has 3 aromatic rings. The van der Waals surface area contributed by atoms with Crippen molar-refractivity contribution in [1.29, 1.82) is 0 Å². The maximum Gasteiger partial charge on any atom is 0.259 e. The molecular formula is C21H22N4O3. The van der Waals surface area contributed by atoms with Crippen molar-refractivity contribution in [2.75, 3.05) is 4.90 Å². The highest BCUT2D eigenvalue weighted by atomic mass is 16.5. The lowest BCUT2D eigenvalue weighted by molar-refractivity contribution is -0.122. The number of benzene rings is 2. The van der Waals surface area contributed by atoms with Crippen LogP contribution in [0, 0.1) is 5.92 Å². The second-order valence-corrected chi connectivity index (χ2v) is 7.45. The predicted molar refractivity (Wildman–Crippen MR) is 105 cm³/mol. The zero-order chi connectivity index (χ0) is 19.8. The highest BCUT2D eigenvalue weighted by Crippen LogP contribution is 2.38. The Morgan fingerprint density at radius 2 is 1.93 bits per heavy atom. The summed E-state index contributed by atoms with van der Waals surface area (Å²) in [4.78, 5) is 31.4. The maximum atomic E-state index is 12.9. The lowest BCUT2D eigenvalue weighted by atomic mass is 10.1. The van der Waals surface area contributed by atoms with E-state index in [-0.39, 0.29) is 18.4 Å². The first-order chi connectivity index (χ1) is 13.5. The molecule has 0 saturated carbocycles. The normalized spacial score (nSPS) is 14.1. The van der Waals surface area contributed by atoms with Crippen LogP contribution in [0.1, 0.15) is 42.8 Å². The van der Waals surface area contributed by atoms with Gasteiger partial charge >= 0.3 is 0 Å². The average Bonchev–Trinajstić information content (AvgIpc) is 3.23. The fourth-order valence-corrected chi connectivity index (χ4v) is 3.56. The third-order valence-electron chi connectivity index (χ3n) is 4.87. The van der Waals surface area contributed by atoms with E-state index in [1.807, 2.05) is 30.3 Å². The van der Waals surface area contributed by atoms with Gasteiger partial charge < -0.3 is 9.84 Å². The molecule has 2 aromatic carbocycles. The SMILES string of the molecule is CC(C)Cc1noc(CNC(=O)[C@@H](C)N2C(=O)c3cccc4cccc2c34)n1. The van der Waals surface area contributed by atoms with E-state index in [4.69, 9.17) is 4.52 Å². The van der Waals surface area contributed by atoms with Gasteiger partial charge in [0.15, 0.2) is 5.82 Å². The Morgan fingerprint density at radius 3 is 2.68 bits per heavy atom. The van der Waals surface area contributed by atoms with Crippen LogP contribution in [-0.2, 0) is 17.8 Å². The summed E-state index contributed by atoms with van der Waals surface area (Å²) in [5, 5.41) is 8.59. The van der Waals surface area contributed by atoms with Crippen LogP contribution in [0.3, 0.4) is 0 Å². The smallest absolute Gasteiger partial charge is 0.259 e. The fraction of sp³-hybridized carbons (Fsp3) is 0.333. The number of carbonyl (C=O) groups excluding carboxylic acids is 2. The van der Waals surface area contributed by atoms with Crippen molar-refractivity contribution >= 4 is 28.3 Å². The molecule has 2 heterocycles. The van der Waals surface area contributed by atoms with Gasteiger partial charge in [0.2, 0.25) is 11.8 Å². The van der Waals surface area contributed by atoms with E-state index in [0.29, 0.717) is 23.2 Å². The summed E-state index contributed by atoms with van der Waals surface area (Å²) < 4.78 is 5.18. The van der Waals surface area contributed by atoms with Crippen molar-refractivity contribution in [3.63, 3.8) is 0 Å². The lowest BCUT2D eigenvalue weighted by Gasteiger charge is -2.24. The molecule has 2 amide bonds. The number of hydrogen-bond donors (Lipinski definition) is 1. The van der Waals surface area contributed by atoms with Gasteiger partial charge in [0, 0.05) is 17.4 Å². The lowest BCUT2D eigenvalue weighted by Crippen LogP contribution is -2.46. The summed E-state index contributed by atoms with van der Waals surface area (Å²) >= 11 is 0. The van der Waals surface area contributed by atoms with Gasteiger partial charge in [0.05, 0.1) is 12.2 Å². The van der Waals surface area contributed by atoms with Crippen molar-refractivity contribution in [3.8, 4) is 0 Å². The summed E-state index contributed by atoms with van der Waals surface area (Å²) in [6, 6.07) is 10.7. The minimum absolute atomic E-state index is 0.132. The Morgan fingerprint density at radius 1 is 1.18 bits per heavy atom. The third kappa shape index (κ3) is 3.13. The molecule has 28 heavy (non-hydrogen) atoms. The van der Waals surface area contributed by atoms with Crippen molar-refractivity contribution in [3.05, 3.63) is 53.7 Å². The summed E-state index contributed by atoms with van der Waals surface area (Å²) in [6.45, 7) is 6.00. The van der Waals surface area contributed by atoms with Gasteiger partial charge in [-0.15, -0.1) is 0 Å². The molecule has 7 nitrogen and oxygen atoms in total. The van der Waals surface area contributed by atoms with Crippen LogP contribution in [0.5, 0.6) is 0 Å². The summed E-state index contributed by atoms with van der Waals surface area (Å²) in [5.74, 6) is 0.970. The molecule has 1 aliphatic heterocycles. The molecule has 1 aromatic heterocycles. The Bertz CT molecular complexity index is 1050. The summed E-state index contributed by atoms with van der Waals surface area (Å²) in [6.07, 6.45) is 0.721. The van der Waals surface area contributed by atoms with Crippen LogP contribution < -0.4 is 10.2 Å². The minimum Gasteiger partial charge on any atom is -0.345 e. The van der Waals surface area contributed by atoms with E-state index in [2.05, 4.69) is 29.3 Å². The molecule has 1 aliphatic rings. The first kappa shape index (κ1) is 18.2. The van der Waals surface area contributed by atoms with E-state index in [1.165, 1.54) is 0 Å². The molecule has 0 saturated heterocycles. The first-order valence-electron chi connectivity index (χ1n) is 9.40. The Kier molecular flexibility index (Phi) is 4.58. The molecule has 0 aliphatic carbocycles. The zero-order valence-electron chi connectivity index (χ0n) is 16.1. The highest BCUT2D eigenvalue weighted by molar-refractivity contribution is 6.26. The van der Waals surface area contributed by atoms with Gasteiger partial charge in [-0.2, -0.15) is 4.98 Å². The van der Waals surface area contributed by atoms with E-state index >= 15 is 0 Å². The highest BCUT2D eigenvalue weighted by Gasteiger charge is 2.35. The molecule has 144 valence electrons. The topological polar surface area (TPSA) is 88.3 Å². The molecular weight excluding hydrogens is 356 g/mol. The van der Waals surface area contributed by atoms with Crippen LogP contribution in [0.2, 0.25) is 0 Å². The van der Waals surface area contributed by atoms with Crippen molar-refractivity contribution in [2.24, 2.45) is 5.92 Å². The number of anilines is 1. The largest absolute Gasteiger partial charge is 0.345 e. The maximum absolute atomic E-state index is 12.9. The van der Waals surface area contributed by atoms with Gasteiger partial charge in [-0.05, 0) is 30.4 Å². The number of rotatable bonds is 6. The molecule has 0 radical (unpaired) electrons. The first-order valence-corrected chi connectivity index (χ1v) is 9.40. The number of amides is 2. The van der Waals surface area contributed by atoms with Gasteiger partial charge in [-0.1, -0.05) is 43.3 Å². The Labute approximate surface area is 162 Å². The monoisotopic (exact) mass is 378 g/mol. The quantitative estimate of drug-likeness (QED) is 0.712. The number of nitrogens with one attached hydrogen (secondary N) is 1.